The molecule has 3 saturated heterocycles. The van der Waals surface area contributed by atoms with E-state index in [1.54, 1.807) is 0 Å². The first-order valence-corrected chi connectivity index (χ1v) is 7.35. The van der Waals surface area contributed by atoms with Gasteiger partial charge in [-0.1, -0.05) is 6.92 Å². The minimum absolute atomic E-state index is 0.545. The van der Waals surface area contributed by atoms with E-state index < -0.39 is 0 Å². The van der Waals surface area contributed by atoms with Gasteiger partial charge in [-0.3, -0.25) is 4.90 Å². The van der Waals surface area contributed by atoms with Crippen molar-refractivity contribution in [3.63, 3.8) is 0 Å². The van der Waals surface area contributed by atoms with Gasteiger partial charge in [0.25, 0.3) is 0 Å². The molecule has 3 aliphatic heterocycles. The fraction of sp³-hybridized carbons (Fsp3) is 1.00. The van der Waals surface area contributed by atoms with Gasteiger partial charge >= 0.3 is 0 Å². The van der Waals surface area contributed by atoms with Crippen LogP contribution in [0.4, 0.5) is 0 Å². The Bertz CT molecular complexity index is 274. The molecule has 0 N–H and O–H groups in total. The quantitative estimate of drug-likeness (QED) is 0.644. The summed E-state index contributed by atoms with van der Waals surface area (Å²) < 4.78 is 0. The van der Waals surface area contributed by atoms with E-state index in [9.17, 15) is 0 Å². The summed E-state index contributed by atoms with van der Waals surface area (Å²) in [6, 6.07) is 0. The van der Waals surface area contributed by atoms with E-state index in [-0.39, 0.29) is 0 Å². The molecule has 3 heterocycles. The highest BCUT2D eigenvalue weighted by atomic mass is 15.3. The third kappa shape index (κ3) is 1.21. The molecule has 0 amide bonds. The molecule has 1 nitrogen and oxygen atoms in total. The van der Waals surface area contributed by atoms with Crippen LogP contribution >= 0.6 is 0 Å². The van der Waals surface area contributed by atoms with Crippen LogP contribution in [0.25, 0.3) is 0 Å². The lowest BCUT2D eigenvalue weighted by Crippen LogP contribution is -2.67. The lowest BCUT2D eigenvalue weighted by molar-refractivity contribution is -0.117. The summed E-state index contributed by atoms with van der Waals surface area (Å²) in [6.45, 7) is 7.52. The van der Waals surface area contributed by atoms with Crippen molar-refractivity contribution in [3.05, 3.63) is 0 Å². The maximum atomic E-state index is 3.01. The van der Waals surface area contributed by atoms with Crippen molar-refractivity contribution < 1.29 is 0 Å². The van der Waals surface area contributed by atoms with E-state index in [1.807, 2.05) is 0 Å². The molecule has 0 bridgehead atoms. The van der Waals surface area contributed by atoms with Crippen molar-refractivity contribution in [2.75, 3.05) is 0 Å². The minimum atomic E-state index is 0.545. The smallest absolute Gasteiger partial charge is 0.0217 e. The highest BCUT2D eigenvalue weighted by Crippen LogP contribution is 2.58. The number of nitrogens with zero attached hydrogens (tertiary/aromatic N) is 1. The molecule has 2 atom stereocenters. The van der Waals surface area contributed by atoms with E-state index in [0.717, 1.165) is 0 Å². The Morgan fingerprint density at radius 2 is 1.31 bits per heavy atom. The van der Waals surface area contributed by atoms with Gasteiger partial charge in [0.2, 0.25) is 0 Å². The monoisotopic (exact) mass is 221 g/mol. The van der Waals surface area contributed by atoms with Crippen molar-refractivity contribution in [3.8, 4) is 0 Å². The van der Waals surface area contributed by atoms with Crippen LogP contribution in [0.15, 0.2) is 0 Å². The molecule has 3 rings (SSSR count). The molecule has 1 heteroatoms. The van der Waals surface area contributed by atoms with Crippen molar-refractivity contribution >= 4 is 0 Å². The molecular formula is C15H27N. The van der Waals surface area contributed by atoms with Crippen molar-refractivity contribution in [1.82, 2.24) is 4.90 Å². The zero-order valence-corrected chi connectivity index (χ0v) is 11.3. The SMILES string of the molecule is CCC12CCCC3(C)CCC(C)(CCC1)N32. The zero-order valence-electron chi connectivity index (χ0n) is 11.3. The number of hydrogen-bond donors (Lipinski definition) is 0. The summed E-state index contributed by atoms with van der Waals surface area (Å²) in [7, 11) is 0. The lowest BCUT2D eigenvalue weighted by Gasteiger charge is -2.62. The summed E-state index contributed by atoms with van der Waals surface area (Å²) in [5.74, 6) is 0. The van der Waals surface area contributed by atoms with Gasteiger partial charge in [0.1, 0.15) is 0 Å². The van der Waals surface area contributed by atoms with Gasteiger partial charge in [-0.15, -0.1) is 0 Å². The normalized spacial score (nSPS) is 52.7. The van der Waals surface area contributed by atoms with Crippen molar-refractivity contribution in [2.45, 2.75) is 95.2 Å². The van der Waals surface area contributed by atoms with Crippen LogP contribution in [0.3, 0.4) is 0 Å². The summed E-state index contributed by atoms with van der Waals surface area (Å²) in [6.07, 6.45) is 13.0. The maximum Gasteiger partial charge on any atom is 0.0217 e. The molecule has 16 heavy (non-hydrogen) atoms. The summed E-state index contributed by atoms with van der Waals surface area (Å²) in [4.78, 5) is 3.01. The Hall–Kier alpha value is -0.0400. The van der Waals surface area contributed by atoms with Crippen LogP contribution < -0.4 is 0 Å². The van der Waals surface area contributed by atoms with Crippen LogP contribution in [0, 0.1) is 0 Å². The summed E-state index contributed by atoms with van der Waals surface area (Å²) in [5, 5.41) is 0. The topological polar surface area (TPSA) is 3.24 Å². The standard InChI is InChI=1S/C15H27N/c1-4-15-9-5-7-13(2)11-12-14(3,16(13)15)8-6-10-15/h4-12H2,1-3H3. The molecule has 3 aliphatic rings. The van der Waals surface area contributed by atoms with Crippen LogP contribution in [-0.4, -0.2) is 21.5 Å². The first kappa shape index (κ1) is 11.1. The van der Waals surface area contributed by atoms with E-state index in [1.165, 1.54) is 57.8 Å². The van der Waals surface area contributed by atoms with Gasteiger partial charge in [-0.2, -0.15) is 0 Å². The average molecular weight is 221 g/mol. The van der Waals surface area contributed by atoms with E-state index in [0.29, 0.717) is 16.6 Å². The molecule has 0 aromatic rings. The molecule has 0 saturated carbocycles. The first-order valence-electron chi connectivity index (χ1n) is 7.35. The largest absolute Gasteiger partial charge is 0.287 e. The molecule has 0 aromatic carbocycles. The fourth-order valence-electron chi connectivity index (χ4n) is 5.49. The van der Waals surface area contributed by atoms with Gasteiger partial charge in [0, 0.05) is 16.6 Å². The number of hydrogen-bond acceptors (Lipinski definition) is 1. The molecule has 0 aliphatic carbocycles. The minimum Gasteiger partial charge on any atom is -0.287 e. The Morgan fingerprint density at radius 1 is 0.812 bits per heavy atom. The maximum absolute atomic E-state index is 3.01. The molecule has 0 aromatic heterocycles. The summed E-state index contributed by atoms with van der Waals surface area (Å²) >= 11 is 0. The van der Waals surface area contributed by atoms with Gasteiger partial charge < -0.3 is 0 Å². The molecule has 0 spiro atoms. The highest BCUT2D eigenvalue weighted by molar-refractivity contribution is 5.16. The predicted octanol–water partition coefficient (Wildman–Crippen LogP) is 4.12. The van der Waals surface area contributed by atoms with Gasteiger partial charge in [-0.05, 0) is 71.6 Å². The molecule has 0 radical (unpaired) electrons. The third-order valence-corrected chi connectivity index (χ3v) is 6.13. The Balaban J connectivity index is 2.06. The zero-order chi connectivity index (χ0) is 11.4. The fourth-order valence-corrected chi connectivity index (χ4v) is 5.49. The first-order chi connectivity index (χ1) is 7.55. The second-order valence-corrected chi connectivity index (χ2v) is 7.11. The summed E-state index contributed by atoms with van der Waals surface area (Å²) in [5.41, 5.74) is 1.67. The Kier molecular flexibility index (Phi) is 2.25. The van der Waals surface area contributed by atoms with E-state index >= 15 is 0 Å². The molecule has 2 unspecified atom stereocenters. The Labute approximate surface area is 101 Å². The van der Waals surface area contributed by atoms with Gasteiger partial charge in [-0.25, -0.2) is 0 Å². The lowest BCUT2D eigenvalue weighted by atomic mass is 9.69. The van der Waals surface area contributed by atoms with Crippen LogP contribution in [-0.2, 0) is 0 Å². The Morgan fingerprint density at radius 3 is 1.75 bits per heavy atom. The van der Waals surface area contributed by atoms with E-state index in [2.05, 4.69) is 25.7 Å². The molecular weight excluding hydrogens is 194 g/mol. The van der Waals surface area contributed by atoms with Crippen LogP contribution in [0.1, 0.15) is 78.6 Å². The third-order valence-electron chi connectivity index (χ3n) is 6.13. The van der Waals surface area contributed by atoms with Crippen molar-refractivity contribution in [2.24, 2.45) is 0 Å². The second-order valence-electron chi connectivity index (χ2n) is 7.11. The van der Waals surface area contributed by atoms with Gasteiger partial charge in [0.15, 0.2) is 0 Å². The van der Waals surface area contributed by atoms with Crippen molar-refractivity contribution in [1.29, 1.82) is 0 Å². The number of rotatable bonds is 1. The van der Waals surface area contributed by atoms with E-state index in [4.69, 9.17) is 0 Å². The average Bonchev–Trinajstić information content (AvgIpc) is 2.54. The highest BCUT2D eigenvalue weighted by Gasteiger charge is 2.60. The second kappa shape index (κ2) is 3.25. The predicted molar refractivity (Wildman–Crippen MR) is 68.6 cm³/mol. The van der Waals surface area contributed by atoms with Gasteiger partial charge in [0.05, 0.1) is 0 Å². The number of piperidine rings is 2. The van der Waals surface area contributed by atoms with Crippen LogP contribution in [0.2, 0.25) is 0 Å². The molecule has 92 valence electrons. The van der Waals surface area contributed by atoms with Crippen LogP contribution in [0.5, 0.6) is 0 Å². The molecule has 3 fully saturated rings.